The van der Waals surface area contributed by atoms with Crippen molar-refractivity contribution in [3.8, 4) is 17.5 Å². The summed E-state index contributed by atoms with van der Waals surface area (Å²) in [5, 5.41) is 12.9. The highest BCUT2D eigenvalue weighted by Crippen LogP contribution is 2.28. The SMILES string of the molecule is Cc1ccc(-c2nc(C#N)c(NC[C@H](c3ccc(C)cc3)N3CCOCC3)o2)cc1. The number of hydrogen-bond acceptors (Lipinski definition) is 6. The number of nitrogens with one attached hydrogen (secondary N) is 1. The van der Waals surface area contributed by atoms with Crippen molar-refractivity contribution in [1.82, 2.24) is 9.88 Å². The fourth-order valence-electron chi connectivity index (χ4n) is 3.66. The molecule has 0 unspecified atom stereocenters. The minimum Gasteiger partial charge on any atom is -0.419 e. The van der Waals surface area contributed by atoms with Crippen molar-refractivity contribution in [2.24, 2.45) is 0 Å². The van der Waals surface area contributed by atoms with Crippen LogP contribution in [0.25, 0.3) is 11.5 Å². The van der Waals surface area contributed by atoms with Gasteiger partial charge in [0.1, 0.15) is 6.07 Å². The summed E-state index contributed by atoms with van der Waals surface area (Å²) in [4.78, 5) is 6.79. The quantitative estimate of drug-likeness (QED) is 0.662. The van der Waals surface area contributed by atoms with Crippen molar-refractivity contribution >= 4 is 5.88 Å². The third-order valence-electron chi connectivity index (χ3n) is 5.44. The molecule has 0 aliphatic carbocycles. The Bertz CT molecular complexity index is 1010. The molecular formula is C24H26N4O2. The summed E-state index contributed by atoms with van der Waals surface area (Å²) in [6, 6.07) is 18.8. The van der Waals surface area contributed by atoms with Crippen LogP contribution in [0.2, 0.25) is 0 Å². The molecule has 1 fully saturated rings. The molecule has 1 saturated heterocycles. The Hall–Kier alpha value is -3.14. The highest BCUT2D eigenvalue weighted by molar-refractivity contribution is 5.59. The number of nitriles is 1. The molecule has 6 heteroatoms. The van der Waals surface area contributed by atoms with Gasteiger partial charge in [-0.1, -0.05) is 47.5 Å². The molecule has 1 aromatic heterocycles. The fraction of sp³-hybridized carbons (Fsp3) is 0.333. The Morgan fingerprint density at radius 3 is 2.30 bits per heavy atom. The summed E-state index contributed by atoms with van der Waals surface area (Å²) >= 11 is 0. The third kappa shape index (κ3) is 4.54. The minimum atomic E-state index is 0.147. The number of ether oxygens (including phenoxy) is 1. The lowest BCUT2D eigenvalue weighted by Crippen LogP contribution is -2.41. The monoisotopic (exact) mass is 402 g/mol. The molecule has 154 valence electrons. The first-order valence-corrected chi connectivity index (χ1v) is 10.2. The van der Waals surface area contributed by atoms with Gasteiger partial charge in [-0.3, -0.25) is 4.90 Å². The Morgan fingerprint density at radius 2 is 1.67 bits per heavy atom. The first kappa shape index (κ1) is 20.1. The second-order valence-corrected chi connectivity index (χ2v) is 7.63. The summed E-state index contributed by atoms with van der Waals surface area (Å²) in [6.45, 7) is 7.93. The summed E-state index contributed by atoms with van der Waals surface area (Å²) in [7, 11) is 0. The standard InChI is InChI=1S/C24H26N4O2/c1-17-3-7-19(8-4-17)22(28-11-13-29-14-12-28)16-26-24-21(15-25)27-23(30-24)20-9-5-18(2)6-10-20/h3-10,22,26H,11-14,16H2,1-2H3/t22-/m1/s1. The predicted octanol–water partition coefficient (Wildman–Crippen LogP) is 4.32. The van der Waals surface area contributed by atoms with Crippen LogP contribution < -0.4 is 5.32 Å². The number of aryl methyl sites for hydroxylation is 2. The minimum absolute atomic E-state index is 0.147. The van der Waals surface area contributed by atoms with E-state index in [1.807, 2.05) is 31.2 Å². The Morgan fingerprint density at radius 1 is 1.03 bits per heavy atom. The van der Waals surface area contributed by atoms with Gasteiger partial charge in [0, 0.05) is 25.2 Å². The average molecular weight is 402 g/mol. The number of nitrogens with zero attached hydrogens (tertiary/aromatic N) is 3. The maximum absolute atomic E-state index is 9.54. The molecule has 0 saturated carbocycles. The molecule has 6 nitrogen and oxygen atoms in total. The number of oxazole rings is 1. The van der Waals surface area contributed by atoms with E-state index in [0.29, 0.717) is 18.3 Å². The van der Waals surface area contributed by atoms with Crippen molar-refractivity contribution in [2.75, 3.05) is 38.2 Å². The molecule has 2 aromatic carbocycles. The molecule has 4 rings (SSSR count). The van der Waals surface area contributed by atoms with Crippen LogP contribution in [0.3, 0.4) is 0 Å². The van der Waals surface area contributed by atoms with E-state index >= 15 is 0 Å². The van der Waals surface area contributed by atoms with Gasteiger partial charge >= 0.3 is 0 Å². The van der Waals surface area contributed by atoms with E-state index in [1.165, 1.54) is 11.1 Å². The number of morpholine rings is 1. The van der Waals surface area contributed by atoms with Crippen LogP contribution >= 0.6 is 0 Å². The van der Waals surface area contributed by atoms with Gasteiger partial charge in [0.15, 0.2) is 0 Å². The van der Waals surface area contributed by atoms with Gasteiger partial charge < -0.3 is 14.5 Å². The second-order valence-electron chi connectivity index (χ2n) is 7.63. The van der Waals surface area contributed by atoms with Crippen LogP contribution in [-0.2, 0) is 4.74 Å². The zero-order valence-electron chi connectivity index (χ0n) is 17.4. The van der Waals surface area contributed by atoms with Crippen molar-refractivity contribution in [3.05, 3.63) is 70.9 Å². The molecule has 0 radical (unpaired) electrons. The number of hydrogen-bond donors (Lipinski definition) is 1. The summed E-state index contributed by atoms with van der Waals surface area (Å²) in [5.74, 6) is 0.866. The number of rotatable bonds is 6. The summed E-state index contributed by atoms with van der Waals surface area (Å²) in [5.41, 5.74) is 4.75. The predicted molar refractivity (Wildman–Crippen MR) is 116 cm³/mol. The van der Waals surface area contributed by atoms with Crippen molar-refractivity contribution in [2.45, 2.75) is 19.9 Å². The second kappa shape index (κ2) is 9.12. The Labute approximate surface area is 177 Å². The van der Waals surface area contributed by atoms with E-state index in [9.17, 15) is 5.26 Å². The largest absolute Gasteiger partial charge is 0.419 e. The van der Waals surface area contributed by atoms with Crippen LogP contribution in [0.1, 0.15) is 28.4 Å². The van der Waals surface area contributed by atoms with Crippen LogP contribution in [0.4, 0.5) is 5.88 Å². The summed E-state index contributed by atoms with van der Waals surface area (Å²) in [6.07, 6.45) is 0. The molecule has 0 bridgehead atoms. The topological polar surface area (TPSA) is 74.3 Å². The smallest absolute Gasteiger partial charge is 0.232 e. The zero-order valence-corrected chi connectivity index (χ0v) is 17.4. The molecule has 30 heavy (non-hydrogen) atoms. The lowest BCUT2D eigenvalue weighted by molar-refractivity contribution is 0.0186. The van der Waals surface area contributed by atoms with Crippen molar-refractivity contribution < 1.29 is 9.15 Å². The lowest BCUT2D eigenvalue weighted by Gasteiger charge is -2.35. The van der Waals surface area contributed by atoms with Gasteiger partial charge in [-0.25, -0.2) is 0 Å². The first-order valence-electron chi connectivity index (χ1n) is 10.2. The van der Waals surface area contributed by atoms with Crippen LogP contribution in [0, 0.1) is 25.2 Å². The molecule has 0 spiro atoms. The van der Waals surface area contributed by atoms with Gasteiger partial charge in [-0.2, -0.15) is 10.2 Å². The van der Waals surface area contributed by atoms with Crippen molar-refractivity contribution in [3.63, 3.8) is 0 Å². The fourth-order valence-corrected chi connectivity index (χ4v) is 3.66. The van der Waals surface area contributed by atoms with Crippen molar-refractivity contribution in [1.29, 1.82) is 5.26 Å². The summed E-state index contributed by atoms with van der Waals surface area (Å²) < 4.78 is 11.5. The Kier molecular flexibility index (Phi) is 6.12. The van der Waals surface area contributed by atoms with E-state index in [1.54, 1.807) is 0 Å². The molecule has 1 aliphatic heterocycles. The molecule has 1 aliphatic rings. The number of benzene rings is 2. The molecule has 1 N–H and O–H groups in total. The van der Waals surface area contributed by atoms with Gasteiger partial charge in [-0.15, -0.1) is 0 Å². The van der Waals surface area contributed by atoms with Gasteiger partial charge in [0.05, 0.1) is 19.3 Å². The van der Waals surface area contributed by atoms with E-state index in [0.717, 1.165) is 37.4 Å². The molecular weight excluding hydrogens is 376 g/mol. The maximum Gasteiger partial charge on any atom is 0.232 e. The number of aromatic nitrogens is 1. The van der Waals surface area contributed by atoms with E-state index < -0.39 is 0 Å². The van der Waals surface area contributed by atoms with E-state index in [2.05, 4.69) is 52.5 Å². The normalized spacial score (nSPS) is 15.5. The molecule has 1 atom stereocenters. The first-order chi connectivity index (χ1) is 14.6. The Balaban J connectivity index is 1.56. The molecule has 2 heterocycles. The van der Waals surface area contributed by atoms with Crippen LogP contribution in [-0.4, -0.2) is 42.7 Å². The van der Waals surface area contributed by atoms with Crippen LogP contribution in [0.5, 0.6) is 0 Å². The molecule has 0 amide bonds. The number of anilines is 1. The van der Waals surface area contributed by atoms with E-state index in [4.69, 9.17) is 9.15 Å². The molecule has 3 aromatic rings. The third-order valence-corrected chi connectivity index (χ3v) is 5.44. The zero-order chi connectivity index (χ0) is 20.9. The van der Waals surface area contributed by atoms with Crippen LogP contribution in [0.15, 0.2) is 52.9 Å². The van der Waals surface area contributed by atoms with Gasteiger partial charge in [0.2, 0.25) is 17.5 Å². The van der Waals surface area contributed by atoms with Gasteiger partial charge in [-0.05, 0) is 31.5 Å². The van der Waals surface area contributed by atoms with Gasteiger partial charge in [0.25, 0.3) is 0 Å². The highest BCUT2D eigenvalue weighted by atomic mass is 16.5. The maximum atomic E-state index is 9.54. The highest BCUT2D eigenvalue weighted by Gasteiger charge is 2.24. The lowest BCUT2D eigenvalue weighted by atomic mass is 10.0. The van der Waals surface area contributed by atoms with E-state index in [-0.39, 0.29) is 11.7 Å². The average Bonchev–Trinajstić information content (AvgIpc) is 3.19.